The molecule has 1 aromatic rings. The van der Waals surface area contributed by atoms with E-state index >= 15 is 0 Å². The Labute approximate surface area is 113 Å². The van der Waals surface area contributed by atoms with Crippen molar-refractivity contribution >= 4 is 41.0 Å². The van der Waals surface area contributed by atoms with Gasteiger partial charge in [-0.05, 0) is 35.0 Å². The fourth-order valence-corrected chi connectivity index (χ4v) is 2.13. The first kappa shape index (κ1) is 13.1. The molecule has 1 aliphatic rings. The molecule has 0 atom stereocenters. The first-order chi connectivity index (χ1) is 9.04. The number of nitrogens with one attached hydrogen (secondary N) is 1. The monoisotopic (exact) mass is 275 g/mol. The molecule has 0 radical (unpaired) electrons. The number of carboxylic acids is 1. The summed E-state index contributed by atoms with van der Waals surface area (Å²) >= 11 is 0.857. The lowest BCUT2D eigenvalue weighted by Gasteiger charge is -1.96. The van der Waals surface area contributed by atoms with Gasteiger partial charge in [-0.1, -0.05) is 24.3 Å². The maximum atomic E-state index is 11.3. The highest BCUT2D eigenvalue weighted by Crippen LogP contribution is 2.25. The number of hydrogen-bond donors (Lipinski definition) is 2. The maximum absolute atomic E-state index is 11.3. The summed E-state index contributed by atoms with van der Waals surface area (Å²) in [7, 11) is 0. The Bertz CT molecular complexity index is 602. The second-order valence-electron chi connectivity index (χ2n) is 3.69. The molecule has 2 rings (SSSR count). The quantitative estimate of drug-likeness (QED) is 0.825. The largest absolute Gasteiger partial charge is 0.478 e. The van der Waals surface area contributed by atoms with Crippen LogP contribution in [-0.4, -0.2) is 22.2 Å². The molecule has 0 bridgehead atoms. The van der Waals surface area contributed by atoms with E-state index in [1.165, 1.54) is 6.08 Å². The molecular formula is C13H9NO4S. The number of imide groups is 1. The molecule has 1 fully saturated rings. The zero-order valence-corrected chi connectivity index (χ0v) is 10.4. The number of thioether (sulfide) groups is 1. The zero-order valence-electron chi connectivity index (χ0n) is 9.62. The normalized spacial score (nSPS) is 17.2. The number of carboxylic acid groups (broad SMARTS) is 1. The third-order valence-corrected chi connectivity index (χ3v) is 3.11. The van der Waals surface area contributed by atoms with Gasteiger partial charge in [0.15, 0.2) is 0 Å². The SMILES string of the molecule is O=C(O)/C=C/c1ccc(/C=C2\SC(=O)NC2=O)cc1. The van der Waals surface area contributed by atoms with E-state index in [0.717, 1.165) is 29.0 Å². The minimum atomic E-state index is -1.01. The Kier molecular flexibility index (Phi) is 3.82. The summed E-state index contributed by atoms with van der Waals surface area (Å²) in [4.78, 5) is 33.0. The van der Waals surface area contributed by atoms with Gasteiger partial charge < -0.3 is 5.11 Å². The van der Waals surface area contributed by atoms with Crippen LogP contribution >= 0.6 is 11.8 Å². The van der Waals surface area contributed by atoms with Crippen LogP contribution in [0.5, 0.6) is 0 Å². The molecule has 1 heterocycles. The van der Waals surface area contributed by atoms with Gasteiger partial charge in [-0.3, -0.25) is 14.9 Å². The van der Waals surface area contributed by atoms with E-state index in [4.69, 9.17) is 5.11 Å². The molecular weight excluding hydrogens is 266 g/mol. The molecule has 0 spiro atoms. The van der Waals surface area contributed by atoms with Crippen molar-refractivity contribution in [3.8, 4) is 0 Å². The van der Waals surface area contributed by atoms with Crippen molar-refractivity contribution in [2.75, 3.05) is 0 Å². The van der Waals surface area contributed by atoms with Crippen LogP contribution in [0.2, 0.25) is 0 Å². The first-order valence-corrected chi connectivity index (χ1v) is 6.12. The predicted octanol–water partition coefficient (Wildman–Crippen LogP) is 2.11. The number of hydrogen-bond acceptors (Lipinski definition) is 4. The third kappa shape index (κ3) is 3.56. The Morgan fingerprint density at radius 3 is 2.32 bits per heavy atom. The van der Waals surface area contributed by atoms with E-state index in [9.17, 15) is 14.4 Å². The molecule has 1 saturated heterocycles. The van der Waals surface area contributed by atoms with Crippen LogP contribution in [0.1, 0.15) is 11.1 Å². The van der Waals surface area contributed by atoms with Gasteiger partial charge in [0.05, 0.1) is 4.91 Å². The lowest BCUT2D eigenvalue weighted by atomic mass is 10.1. The summed E-state index contributed by atoms with van der Waals surface area (Å²) in [6.07, 6.45) is 4.13. The molecule has 2 N–H and O–H groups in total. The van der Waals surface area contributed by atoms with Crippen molar-refractivity contribution in [1.29, 1.82) is 0 Å². The summed E-state index contributed by atoms with van der Waals surface area (Å²) in [6.45, 7) is 0. The van der Waals surface area contributed by atoms with E-state index in [0.29, 0.717) is 4.91 Å². The Morgan fingerprint density at radius 2 is 1.79 bits per heavy atom. The molecule has 6 heteroatoms. The van der Waals surface area contributed by atoms with Crippen molar-refractivity contribution in [2.45, 2.75) is 0 Å². The van der Waals surface area contributed by atoms with Gasteiger partial charge in [0, 0.05) is 6.08 Å². The Balaban J connectivity index is 2.15. The highest BCUT2D eigenvalue weighted by atomic mass is 32.2. The topological polar surface area (TPSA) is 83.5 Å². The summed E-state index contributed by atoms with van der Waals surface area (Å²) < 4.78 is 0. The van der Waals surface area contributed by atoms with E-state index in [1.54, 1.807) is 30.3 Å². The van der Waals surface area contributed by atoms with Gasteiger partial charge in [0.2, 0.25) is 0 Å². The Morgan fingerprint density at radius 1 is 1.16 bits per heavy atom. The smallest absolute Gasteiger partial charge is 0.328 e. The van der Waals surface area contributed by atoms with Gasteiger partial charge >= 0.3 is 5.97 Å². The number of carbonyl (C=O) groups excluding carboxylic acids is 2. The fourth-order valence-electron chi connectivity index (χ4n) is 1.44. The molecule has 2 amide bonds. The minimum Gasteiger partial charge on any atom is -0.478 e. The molecule has 0 unspecified atom stereocenters. The number of carbonyl (C=O) groups is 3. The van der Waals surface area contributed by atoms with E-state index in [-0.39, 0.29) is 5.24 Å². The van der Waals surface area contributed by atoms with Crippen molar-refractivity contribution < 1.29 is 19.5 Å². The van der Waals surface area contributed by atoms with Gasteiger partial charge in [-0.25, -0.2) is 4.79 Å². The lowest BCUT2D eigenvalue weighted by Crippen LogP contribution is -2.17. The molecule has 0 saturated carbocycles. The van der Waals surface area contributed by atoms with Crippen LogP contribution in [0.3, 0.4) is 0 Å². The number of rotatable bonds is 3. The minimum absolute atomic E-state index is 0.346. The number of aliphatic carboxylic acids is 1. The molecule has 19 heavy (non-hydrogen) atoms. The van der Waals surface area contributed by atoms with Crippen LogP contribution < -0.4 is 5.32 Å². The van der Waals surface area contributed by atoms with Gasteiger partial charge in [0.25, 0.3) is 11.1 Å². The lowest BCUT2D eigenvalue weighted by molar-refractivity contribution is -0.131. The van der Waals surface area contributed by atoms with Crippen molar-refractivity contribution in [1.82, 2.24) is 5.32 Å². The maximum Gasteiger partial charge on any atom is 0.328 e. The highest BCUT2D eigenvalue weighted by molar-refractivity contribution is 8.18. The standard InChI is InChI=1S/C13H9NO4S/c15-11(16)6-5-8-1-3-9(4-2-8)7-10-12(17)14-13(18)19-10/h1-7H,(H,15,16)(H,14,17,18)/b6-5+,10-7-. The van der Waals surface area contributed by atoms with Gasteiger partial charge in [-0.15, -0.1) is 0 Å². The van der Waals surface area contributed by atoms with Gasteiger partial charge in [-0.2, -0.15) is 0 Å². The van der Waals surface area contributed by atoms with Crippen LogP contribution in [-0.2, 0) is 9.59 Å². The van der Waals surface area contributed by atoms with E-state index in [1.807, 2.05) is 0 Å². The molecule has 96 valence electrons. The van der Waals surface area contributed by atoms with Crippen LogP contribution in [0.4, 0.5) is 4.79 Å². The molecule has 1 aliphatic heterocycles. The average molecular weight is 275 g/mol. The zero-order chi connectivity index (χ0) is 13.8. The third-order valence-electron chi connectivity index (χ3n) is 2.29. The van der Waals surface area contributed by atoms with Crippen molar-refractivity contribution in [3.63, 3.8) is 0 Å². The summed E-state index contributed by atoms with van der Waals surface area (Å²) in [5.41, 5.74) is 1.50. The summed E-state index contributed by atoms with van der Waals surface area (Å²) in [6, 6.07) is 6.94. The number of benzene rings is 1. The van der Waals surface area contributed by atoms with Gasteiger partial charge in [0.1, 0.15) is 0 Å². The number of amides is 2. The van der Waals surface area contributed by atoms with Crippen molar-refractivity contribution in [3.05, 3.63) is 46.4 Å². The Hall–Kier alpha value is -2.34. The first-order valence-electron chi connectivity index (χ1n) is 5.30. The van der Waals surface area contributed by atoms with Crippen molar-refractivity contribution in [2.24, 2.45) is 0 Å². The van der Waals surface area contributed by atoms with E-state index < -0.39 is 11.9 Å². The highest BCUT2D eigenvalue weighted by Gasteiger charge is 2.24. The summed E-state index contributed by atoms with van der Waals surface area (Å²) in [5.74, 6) is -1.41. The molecule has 5 nitrogen and oxygen atoms in total. The average Bonchev–Trinajstić information content (AvgIpc) is 2.67. The van der Waals surface area contributed by atoms with Crippen LogP contribution in [0.15, 0.2) is 35.2 Å². The second-order valence-corrected chi connectivity index (χ2v) is 4.71. The molecule has 0 aromatic heterocycles. The molecule has 0 aliphatic carbocycles. The van der Waals surface area contributed by atoms with Crippen LogP contribution in [0.25, 0.3) is 12.2 Å². The van der Waals surface area contributed by atoms with E-state index in [2.05, 4.69) is 5.32 Å². The summed E-state index contributed by atoms with van der Waals surface area (Å²) in [5, 5.41) is 10.3. The fraction of sp³-hybridized carbons (Fsp3) is 0. The predicted molar refractivity (Wildman–Crippen MR) is 72.2 cm³/mol. The van der Waals surface area contributed by atoms with Crippen LogP contribution in [0, 0.1) is 0 Å². The second kappa shape index (κ2) is 5.53. The molecule has 1 aromatic carbocycles.